The average molecular weight is 555 g/mol. The van der Waals surface area contributed by atoms with Gasteiger partial charge in [-0.1, -0.05) is 36.4 Å². The van der Waals surface area contributed by atoms with Crippen LogP contribution in [0.4, 0.5) is 11.4 Å². The van der Waals surface area contributed by atoms with Crippen LogP contribution in [0, 0.1) is 47.3 Å². The molecule has 2 aliphatic heterocycles. The molecule has 8 nitrogen and oxygen atoms in total. The Hall–Kier alpha value is -4.72. The van der Waals surface area contributed by atoms with E-state index >= 15 is 0 Å². The van der Waals surface area contributed by atoms with Gasteiger partial charge in [0.2, 0.25) is 23.6 Å². The van der Waals surface area contributed by atoms with Crippen molar-refractivity contribution in [3.63, 3.8) is 0 Å². The molecule has 3 heterocycles. The molecule has 1 aromatic heterocycles. The van der Waals surface area contributed by atoms with Crippen molar-refractivity contribution in [1.82, 2.24) is 9.97 Å². The van der Waals surface area contributed by atoms with Crippen LogP contribution in [0.3, 0.4) is 0 Å². The molecule has 4 bridgehead atoms. The molecule has 2 aromatic carbocycles. The summed E-state index contributed by atoms with van der Waals surface area (Å²) in [6.07, 6.45) is 11.9. The van der Waals surface area contributed by atoms with Crippen LogP contribution in [0.2, 0.25) is 0 Å². The predicted octanol–water partition coefficient (Wildman–Crippen LogP) is 4.43. The highest BCUT2D eigenvalue weighted by molar-refractivity contribution is 6.23. The number of aromatic nitrogens is 2. The van der Waals surface area contributed by atoms with Crippen LogP contribution in [-0.2, 0) is 19.2 Å². The summed E-state index contributed by atoms with van der Waals surface area (Å²) in [6.45, 7) is 0. The summed E-state index contributed by atoms with van der Waals surface area (Å²) in [6, 6.07) is 16.4. The number of imide groups is 2. The van der Waals surface area contributed by atoms with E-state index in [0.717, 1.165) is 24.0 Å². The van der Waals surface area contributed by atoms with Crippen molar-refractivity contribution in [2.45, 2.75) is 12.8 Å². The van der Waals surface area contributed by atoms with Gasteiger partial charge in [-0.05, 0) is 79.0 Å². The van der Waals surface area contributed by atoms with Gasteiger partial charge in [-0.15, -0.1) is 0 Å². The molecule has 4 fully saturated rings. The van der Waals surface area contributed by atoms with Gasteiger partial charge in [-0.3, -0.25) is 29.0 Å². The van der Waals surface area contributed by atoms with Gasteiger partial charge in [-0.25, -0.2) is 9.97 Å². The van der Waals surface area contributed by atoms with Crippen LogP contribution in [0.1, 0.15) is 12.8 Å². The molecule has 0 radical (unpaired) electrons. The molecule has 3 aromatic rings. The minimum atomic E-state index is -0.230. The largest absolute Gasteiger partial charge is 0.274 e. The zero-order valence-corrected chi connectivity index (χ0v) is 22.5. The Morgan fingerprint density at radius 3 is 1.36 bits per heavy atom. The van der Waals surface area contributed by atoms with Crippen molar-refractivity contribution < 1.29 is 19.2 Å². The number of carbonyl (C=O) groups excluding carboxylic acids is 4. The molecule has 0 N–H and O–H groups in total. The lowest BCUT2D eigenvalue weighted by molar-refractivity contribution is -0.124. The SMILES string of the molecule is O=C1[C@@H]2[C@@H](C(=O)N1c1ccc(-c3ccnc(-c4ccc(N5C(=O)[C@@H]6[C@H](C5=O)[C@@H]5C=C[C@H]6C5)cc4)n3)cc1)[C@H]1C=C[C@@H]2C1. The number of hydrogen-bond donors (Lipinski definition) is 0. The maximum atomic E-state index is 13.2. The van der Waals surface area contributed by atoms with Gasteiger partial charge < -0.3 is 0 Å². The molecule has 0 unspecified atom stereocenters. The molecule has 4 aliphatic carbocycles. The van der Waals surface area contributed by atoms with Gasteiger partial charge in [0.25, 0.3) is 0 Å². The van der Waals surface area contributed by atoms with Crippen molar-refractivity contribution >= 4 is 35.0 Å². The van der Waals surface area contributed by atoms with Crippen LogP contribution in [0.25, 0.3) is 22.6 Å². The third-order valence-corrected chi connectivity index (χ3v) is 10.4. The maximum Gasteiger partial charge on any atom is 0.238 e. The number of anilines is 2. The van der Waals surface area contributed by atoms with Crippen LogP contribution >= 0.6 is 0 Å². The van der Waals surface area contributed by atoms with Crippen LogP contribution in [0.15, 0.2) is 85.1 Å². The Kier molecular flexibility index (Phi) is 4.79. The van der Waals surface area contributed by atoms with Crippen molar-refractivity contribution in [1.29, 1.82) is 0 Å². The number of nitrogens with zero attached hydrogens (tertiary/aromatic N) is 4. The Balaban J connectivity index is 0.948. The summed E-state index contributed by atoms with van der Waals surface area (Å²) in [4.78, 5) is 64.6. The minimum Gasteiger partial charge on any atom is -0.274 e. The molecular weight excluding hydrogens is 528 g/mol. The molecule has 0 spiro atoms. The topological polar surface area (TPSA) is 101 Å². The zero-order valence-electron chi connectivity index (χ0n) is 22.5. The van der Waals surface area contributed by atoms with E-state index in [1.54, 1.807) is 30.5 Å². The Morgan fingerprint density at radius 2 is 0.929 bits per heavy atom. The first-order chi connectivity index (χ1) is 20.5. The Bertz CT molecular complexity index is 1590. The fraction of sp³-hybridized carbons (Fsp3) is 0.294. The highest BCUT2D eigenvalue weighted by Gasteiger charge is 2.60. The normalized spacial score (nSPS) is 33.4. The second-order valence-corrected chi connectivity index (χ2v) is 12.4. The lowest BCUT2D eigenvalue weighted by Crippen LogP contribution is -2.32. The molecular formula is C34H26N4O4. The van der Waals surface area contributed by atoms with Crippen LogP contribution in [0.5, 0.6) is 0 Å². The molecule has 2 saturated heterocycles. The Labute approximate surface area is 241 Å². The average Bonchev–Trinajstić information content (AvgIpc) is 3.87. The molecule has 9 rings (SSSR count). The summed E-state index contributed by atoms with van der Waals surface area (Å²) in [5, 5.41) is 0. The standard InChI is InChI=1S/C34H26N4O4/c39-31-26-19-1-2-20(15-19)27(26)32(40)37(31)23-9-5-17(6-10-23)25-13-14-35-30(36-25)18-7-11-24(12-8-18)38-33(41)28-21-3-4-22(16-21)29(28)34(38)42/h1-14,19-22,26-29H,15-16H2/t19-,20+,21-,22+,26-,27-,28-,29+/m0/s1. The zero-order chi connectivity index (χ0) is 28.3. The highest BCUT2D eigenvalue weighted by Crippen LogP contribution is 2.54. The Morgan fingerprint density at radius 1 is 0.524 bits per heavy atom. The van der Waals surface area contributed by atoms with Gasteiger partial charge in [0, 0.05) is 17.3 Å². The summed E-state index contributed by atoms with van der Waals surface area (Å²) in [5.74, 6) is -0.0616. The van der Waals surface area contributed by atoms with Gasteiger partial charge in [-0.2, -0.15) is 0 Å². The fourth-order valence-corrected chi connectivity index (χ4v) is 8.51. The van der Waals surface area contributed by atoms with Gasteiger partial charge in [0.05, 0.1) is 40.7 Å². The van der Waals surface area contributed by atoms with E-state index in [4.69, 9.17) is 4.98 Å². The summed E-state index contributed by atoms with van der Waals surface area (Å²) >= 11 is 0. The molecule has 206 valence electrons. The second-order valence-electron chi connectivity index (χ2n) is 12.4. The number of hydrogen-bond acceptors (Lipinski definition) is 6. The van der Waals surface area contributed by atoms with Gasteiger partial charge >= 0.3 is 0 Å². The number of carbonyl (C=O) groups is 4. The fourth-order valence-electron chi connectivity index (χ4n) is 8.51. The number of amides is 4. The number of fused-ring (bicyclic) bond motifs is 10. The van der Waals surface area contributed by atoms with Crippen molar-refractivity contribution in [3.05, 3.63) is 85.1 Å². The number of benzene rings is 2. The monoisotopic (exact) mass is 554 g/mol. The first-order valence-electron chi connectivity index (χ1n) is 14.6. The summed E-state index contributed by atoms with van der Waals surface area (Å²) < 4.78 is 0. The highest BCUT2D eigenvalue weighted by atomic mass is 16.2. The lowest BCUT2D eigenvalue weighted by Gasteiger charge is -2.18. The molecule has 42 heavy (non-hydrogen) atoms. The number of allylic oxidation sites excluding steroid dienone is 4. The third-order valence-electron chi connectivity index (χ3n) is 10.4. The van der Waals surface area contributed by atoms with E-state index in [1.807, 2.05) is 30.3 Å². The first kappa shape index (κ1) is 23.9. The van der Waals surface area contributed by atoms with Crippen LogP contribution < -0.4 is 9.80 Å². The van der Waals surface area contributed by atoms with Crippen molar-refractivity contribution in [3.8, 4) is 22.6 Å². The van der Waals surface area contributed by atoms with E-state index < -0.39 is 0 Å². The van der Waals surface area contributed by atoms with Crippen molar-refractivity contribution in [2.24, 2.45) is 47.3 Å². The molecule has 6 aliphatic rings. The molecule has 4 amide bonds. The number of rotatable bonds is 4. The van der Waals surface area contributed by atoms with E-state index in [-0.39, 0.29) is 71.0 Å². The minimum absolute atomic E-state index is 0.0908. The maximum absolute atomic E-state index is 13.2. The van der Waals surface area contributed by atoms with E-state index in [0.29, 0.717) is 22.9 Å². The third kappa shape index (κ3) is 3.12. The molecule has 8 atom stereocenters. The first-order valence-corrected chi connectivity index (χ1v) is 14.6. The molecule has 2 saturated carbocycles. The van der Waals surface area contributed by atoms with Crippen LogP contribution in [-0.4, -0.2) is 33.6 Å². The second kappa shape index (κ2) is 8.41. The van der Waals surface area contributed by atoms with Gasteiger partial charge in [0.15, 0.2) is 5.82 Å². The van der Waals surface area contributed by atoms with E-state index in [2.05, 4.69) is 29.3 Å². The van der Waals surface area contributed by atoms with Gasteiger partial charge in [0.1, 0.15) is 0 Å². The molecule has 8 heteroatoms. The van der Waals surface area contributed by atoms with Crippen molar-refractivity contribution in [2.75, 3.05) is 9.80 Å². The van der Waals surface area contributed by atoms with E-state index in [9.17, 15) is 19.2 Å². The predicted molar refractivity (Wildman–Crippen MR) is 153 cm³/mol. The summed E-state index contributed by atoms with van der Waals surface area (Å²) in [5.41, 5.74) is 3.47. The quantitative estimate of drug-likeness (QED) is 0.349. The smallest absolute Gasteiger partial charge is 0.238 e. The summed E-state index contributed by atoms with van der Waals surface area (Å²) in [7, 11) is 0. The van der Waals surface area contributed by atoms with E-state index in [1.165, 1.54) is 9.80 Å². The lowest BCUT2D eigenvalue weighted by atomic mass is 9.85.